The van der Waals surface area contributed by atoms with Crippen molar-refractivity contribution >= 4 is 23.8 Å². The van der Waals surface area contributed by atoms with Crippen LogP contribution in [0.4, 0.5) is 4.79 Å². The standard InChI is InChI=1S/C17H20N2O5/c1-3-7-13(20)24-11(2)10-17(12-8-5-4-6-9-12)14(21)18-16(23)19-15(17)22/h4-6,8-9,11H,3,7,10H2,1-2H3,(H2,18,19,21,22,23). The van der Waals surface area contributed by atoms with Crippen LogP contribution in [0.3, 0.4) is 0 Å². The van der Waals surface area contributed by atoms with Crippen molar-refractivity contribution in [2.75, 3.05) is 0 Å². The van der Waals surface area contributed by atoms with Crippen molar-refractivity contribution in [2.24, 2.45) is 0 Å². The number of carbonyl (C=O) groups excluding carboxylic acids is 4. The lowest BCUT2D eigenvalue weighted by atomic mass is 9.73. The third-order valence-electron chi connectivity index (χ3n) is 3.88. The van der Waals surface area contributed by atoms with Crippen LogP contribution in [0.15, 0.2) is 30.3 Å². The number of rotatable bonds is 6. The Bertz CT molecular complexity index is 636. The van der Waals surface area contributed by atoms with Crippen molar-refractivity contribution in [1.29, 1.82) is 0 Å². The van der Waals surface area contributed by atoms with Crippen molar-refractivity contribution in [3.05, 3.63) is 35.9 Å². The second kappa shape index (κ2) is 7.25. The SMILES string of the molecule is CCCC(=O)OC(C)CC1(c2ccccc2)C(=O)NC(=O)NC1=O. The highest BCUT2D eigenvalue weighted by molar-refractivity contribution is 6.22. The summed E-state index contributed by atoms with van der Waals surface area (Å²) in [6.45, 7) is 3.47. The van der Waals surface area contributed by atoms with Crippen molar-refractivity contribution in [1.82, 2.24) is 10.6 Å². The number of imide groups is 2. The second-order valence-corrected chi connectivity index (χ2v) is 5.76. The summed E-state index contributed by atoms with van der Waals surface area (Å²) in [6, 6.07) is 7.56. The molecule has 0 radical (unpaired) electrons. The molecule has 1 fully saturated rings. The Balaban J connectivity index is 2.34. The number of ether oxygens (including phenoxy) is 1. The molecule has 1 heterocycles. The van der Waals surface area contributed by atoms with Crippen LogP contribution in [0.1, 0.15) is 38.7 Å². The zero-order valence-corrected chi connectivity index (χ0v) is 13.6. The van der Waals surface area contributed by atoms with E-state index in [0.29, 0.717) is 12.0 Å². The molecule has 7 heteroatoms. The van der Waals surface area contributed by atoms with Gasteiger partial charge in [-0.05, 0) is 18.9 Å². The third kappa shape index (κ3) is 3.45. The van der Waals surface area contributed by atoms with Crippen molar-refractivity contribution < 1.29 is 23.9 Å². The minimum atomic E-state index is -1.62. The van der Waals surface area contributed by atoms with Crippen LogP contribution in [0, 0.1) is 0 Å². The molecule has 1 atom stereocenters. The Morgan fingerprint density at radius 2 is 1.71 bits per heavy atom. The summed E-state index contributed by atoms with van der Waals surface area (Å²) < 4.78 is 5.28. The average molecular weight is 332 g/mol. The molecule has 0 aromatic heterocycles. The van der Waals surface area contributed by atoms with E-state index < -0.39 is 29.4 Å². The van der Waals surface area contributed by atoms with Gasteiger partial charge in [0.25, 0.3) is 0 Å². The number of urea groups is 1. The molecule has 0 saturated carbocycles. The molecule has 24 heavy (non-hydrogen) atoms. The van der Waals surface area contributed by atoms with E-state index in [2.05, 4.69) is 10.6 Å². The van der Waals surface area contributed by atoms with Crippen LogP contribution in [0.2, 0.25) is 0 Å². The molecule has 1 aliphatic heterocycles. The van der Waals surface area contributed by atoms with Gasteiger partial charge in [0.15, 0.2) is 5.41 Å². The van der Waals surface area contributed by atoms with Crippen LogP contribution in [0.5, 0.6) is 0 Å². The molecule has 7 nitrogen and oxygen atoms in total. The highest BCUT2D eigenvalue weighted by Crippen LogP contribution is 2.33. The molecule has 4 amide bonds. The summed E-state index contributed by atoms with van der Waals surface area (Å²) in [4.78, 5) is 48.2. The van der Waals surface area contributed by atoms with Gasteiger partial charge < -0.3 is 4.74 Å². The Morgan fingerprint density at radius 3 is 2.25 bits per heavy atom. The lowest BCUT2D eigenvalue weighted by molar-refractivity contribution is -0.153. The number of esters is 1. The second-order valence-electron chi connectivity index (χ2n) is 5.76. The lowest BCUT2D eigenvalue weighted by Gasteiger charge is -2.35. The molecule has 128 valence electrons. The molecule has 0 spiro atoms. The number of nitrogens with one attached hydrogen (secondary N) is 2. The number of barbiturate groups is 1. The molecular formula is C17H20N2O5. The fourth-order valence-electron chi connectivity index (χ4n) is 2.80. The van der Waals surface area contributed by atoms with Crippen LogP contribution in [-0.4, -0.2) is 29.9 Å². The molecule has 1 aromatic rings. The summed E-state index contributed by atoms with van der Waals surface area (Å²) in [5.74, 6) is -1.83. The van der Waals surface area contributed by atoms with E-state index in [1.165, 1.54) is 0 Å². The quantitative estimate of drug-likeness (QED) is 0.606. The van der Waals surface area contributed by atoms with Gasteiger partial charge in [-0.25, -0.2) is 4.79 Å². The average Bonchev–Trinajstić information content (AvgIpc) is 2.52. The molecule has 1 saturated heterocycles. The van der Waals surface area contributed by atoms with Gasteiger partial charge in [-0.2, -0.15) is 0 Å². The fraction of sp³-hybridized carbons (Fsp3) is 0.412. The Kier molecular flexibility index (Phi) is 5.33. The van der Waals surface area contributed by atoms with E-state index in [0.717, 1.165) is 0 Å². The van der Waals surface area contributed by atoms with Crippen LogP contribution in [-0.2, 0) is 24.5 Å². The number of hydrogen-bond donors (Lipinski definition) is 2. The van der Waals surface area contributed by atoms with Gasteiger partial charge in [0, 0.05) is 12.8 Å². The Morgan fingerprint density at radius 1 is 1.12 bits per heavy atom. The molecule has 0 bridgehead atoms. The normalized spacial score (nSPS) is 17.7. The summed E-state index contributed by atoms with van der Waals surface area (Å²) in [5, 5.41) is 4.27. The number of carbonyl (C=O) groups is 4. The molecular weight excluding hydrogens is 312 g/mol. The van der Waals surface area contributed by atoms with Gasteiger partial charge in [0.05, 0.1) is 0 Å². The van der Waals surface area contributed by atoms with Gasteiger partial charge in [0.2, 0.25) is 11.8 Å². The minimum Gasteiger partial charge on any atom is -0.463 e. The highest BCUT2D eigenvalue weighted by Gasteiger charge is 2.52. The van der Waals surface area contributed by atoms with Crippen molar-refractivity contribution in [2.45, 2.75) is 44.6 Å². The predicted octanol–water partition coefficient (Wildman–Crippen LogP) is 1.41. The first kappa shape index (κ1) is 17.7. The van der Waals surface area contributed by atoms with Crippen molar-refractivity contribution in [3.63, 3.8) is 0 Å². The van der Waals surface area contributed by atoms with E-state index in [4.69, 9.17) is 4.74 Å². The molecule has 1 unspecified atom stereocenters. The molecule has 0 aliphatic carbocycles. The molecule has 2 N–H and O–H groups in total. The van der Waals surface area contributed by atoms with E-state index in [1.54, 1.807) is 37.3 Å². The van der Waals surface area contributed by atoms with Crippen LogP contribution < -0.4 is 10.6 Å². The number of hydrogen-bond acceptors (Lipinski definition) is 5. The van der Waals surface area contributed by atoms with Crippen LogP contribution >= 0.6 is 0 Å². The van der Waals surface area contributed by atoms with Gasteiger partial charge in [-0.3, -0.25) is 25.0 Å². The zero-order chi connectivity index (χ0) is 17.7. The van der Waals surface area contributed by atoms with Gasteiger partial charge in [-0.1, -0.05) is 37.3 Å². The Hall–Kier alpha value is -2.70. The van der Waals surface area contributed by atoms with Gasteiger partial charge in [-0.15, -0.1) is 0 Å². The van der Waals surface area contributed by atoms with Gasteiger partial charge in [0.1, 0.15) is 6.10 Å². The summed E-state index contributed by atoms with van der Waals surface area (Å²) in [5.41, 5.74) is -1.19. The van der Waals surface area contributed by atoms with Crippen LogP contribution in [0.25, 0.3) is 0 Å². The maximum atomic E-state index is 12.6. The van der Waals surface area contributed by atoms with E-state index in [9.17, 15) is 19.2 Å². The summed E-state index contributed by atoms with van der Waals surface area (Å²) >= 11 is 0. The topological polar surface area (TPSA) is 102 Å². The number of benzene rings is 1. The van der Waals surface area contributed by atoms with Gasteiger partial charge >= 0.3 is 12.0 Å². The smallest absolute Gasteiger partial charge is 0.328 e. The monoisotopic (exact) mass is 332 g/mol. The van der Waals surface area contributed by atoms with E-state index in [-0.39, 0.29) is 18.8 Å². The molecule has 1 aromatic carbocycles. The molecule has 1 aliphatic rings. The van der Waals surface area contributed by atoms with E-state index >= 15 is 0 Å². The fourth-order valence-corrected chi connectivity index (χ4v) is 2.80. The highest BCUT2D eigenvalue weighted by atomic mass is 16.5. The largest absolute Gasteiger partial charge is 0.463 e. The van der Waals surface area contributed by atoms with E-state index in [1.807, 2.05) is 6.92 Å². The maximum Gasteiger partial charge on any atom is 0.328 e. The first-order valence-corrected chi connectivity index (χ1v) is 7.82. The lowest BCUT2D eigenvalue weighted by Crippen LogP contribution is -2.65. The minimum absolute atomic E-state index is 0.0581. The summed E-state index contributed by atoms with van der Waals surface area (Å²) in [6.07, 6.45) is 0.177. The zero-order valence-electron chi connectivity index (χ0n) is 13.6. The number of amides is 4. The Labute approximate surface area is 139 Å². The first-order valence-electron chi connectivity index (χ1n) is 7.82. The molecule has 2 rings (SSSR count). The maximum absolute atomic E-state index is 12.6. The summed E-state index contributed by atoms with van der Waals surface area (Å²) in [7, 11) is 0. The third-order valence-corrected chi connectivity index (χ3v) is 3.88. The predicted molar refractivity (Wildman–Crippen MR) is 84.9 cm³/mol. The van der Waals surface area contributed by atoms with Crippen molar-refractivity contribution in [3.8, 4) is 0 Å². The first-order chi connectivity index (χ1) is 11.4.